The standard InChI is InChI=1S/C15H27NO3S/c1-2-20(18,19)13-7-8-14(17)15(9-3-4-10-15)16-11-5-6-12-16/h2-13H2,1H3. The summed E-state index contributed by atoms with van der Waals surface area (Å²) in [4.78, 5) is 15.1. The molecule has 5 heteroatoms. The van der Waals surface area contributed by atoms with Crippen molar-refractivity contribution in [3.63, 3.8) is 0 Å². The van der Waals surface area contributed by atoms with Crippen LogP contribution in [0.4, 0.5) is 0 Å². The van der Waals surface area contributed by atoms with Gasteiger partial charge in [0.05, 0.1) is 11.3 Å². The molecule has 2 fully saturated rings. The first kappa shape index (κ1) is 16.0. The van der Waals surface area contributed by atoms with E-state index in [2.05, 4.69) is 4.90 Å². The van der Waals surface area contributed by atoms with Gasteiger partial charge < -0.3 is 0 Å². The third-order valence-corrected chi connectivity index (χ3v) is 6.75. The van der Waals surface area contributed by atoms with E-state index in [0.717, 1.165) is 38.8 Å². The number of sulfone groups is 1. The monoisotopic (exact) mass is 301 g/mol. The minimum absolute atomic E-state index is 0.158. The molecular weight excluding hydrogens is 274 g/mol. The van der Waals surface area contributed by atoms with E-state index in [-0.39, 0.29) is 17.0 Å². The number of carbonyl (C=O) groups excluding carboxylic acids is 1. The zero-order valence-electron chi connectivity index (χ0n) is 12.6. The number of hydrogen-bond donors (Lipinski definition) is 0. The molecule has 0 unspecified atom stereocenters. The van der Waals surface area contributed by atoms with Gasteiger partial charge in [0.2, 0.25) is 0 Å². The van der Waals surface area contributed by atoms with Crippen molar-refractivity contribution in [2.24, 2.45) is 0 Å². The zero-order valence-corrected chi connectivity index (χ0v) is 13.4. The molecule has 0 amide bonds. The van der Waals surface area contributed by atoms with Gasteiger partial charge in [-0.3, -0.25) is 9.69 Å². The second-order valence-corrected chi connectivity index (χ2v) is 8.67. The highest BCUT2D eigenvalue weighted by molar-refractivity contribution is 7.91. The molecule has 116 valence electrons. The molecule has 0 aromatic rings. The Morgan fingerprint density at radius 3 is 2.25 bits per heavy atom. The lowest BCUT2D eigenvalue weighted by Crippen LogP contribution is -2.51. The molecule has 4 nitrogen and oxygen atoms in total. The molecule has 0 N–H and O–H groups in total. The van der Waals surface area contributed by atoms with Gasteiger partial charge in [0.15, 0.2) is 5.78 Å². The zero-order chi connectivity index (χ0) is 14.6. The van der Waals surface area contributed by atoms with Crippen molar-refractivity contribution >= 4 is 15.6 Å². The molecule has 1 aliphatic carbocycles. The van der Waals surface area contributed by atoms with Crippen molar-refractivity contribution in [1.82, 2.24) is 4.90 Å². The topological polar surface area (TPSA) is 54.5 Å². The molecule has 0 bridgehead atoms. The highest BCUT2D eigenvalue weighted by atomic mass is 32.2. The predicted octanol–water partition coefficient (Wildman–Crippen LogP) is 2.18. The molecule has 2 rings (SSSR count). The minimum Gasteiger partial charge on any atom is -0.298 e. The molecule has 2 aliphatic rings. The number of rotatable bonds is 7. The summed E-state index contributed by atoms with van der Waals surface area (Å²) in [5.41, 5.74) is -0.244. The van der Waals surface area contributed by atoms with Crippen LogP contribution in [0.5, 0.6) is 0 Å². The molecule has 0 aromatic carbocycles. The predicted molar refractivity (Wildman–Crippen MR) is 80.6 cm³/mol. The van der Waals surface area contributed by atoms with Crippen LogP contribution in [0.2, 0.25) is 0 Å². The smallest absolute Gasteiger partial charge is 0.153 e. The Hall–Kier alpha value is -0.420. The highest BCUT2D eigenvalue weighted by Gasteiger charge is 2.45. The Kier molecular flexibility index (Phi) is 5.24. The average molecular weight is 301 g/mol. The largest absolute Gasteiger partial charge is 0.298 e. The summed E-state index contributed by atoms with van der Waals surface area (Å²) in [6.07, 6.45) is 7.53. The van der Waals surface area contributed by atoms with Crippen LogP contribution in [0.1, 0.15) is 58.3 Å². The summed E-state index contributed by atoms with van der Waals surface area (Å²) in [6, 6.07) is 0. The molecule has 0 atom stereocenters. The highest BCUT2D eigenvalue weighted by Crippen LogP contribution is 2.39. The van der Waals surface area contributed by atoms with Gasteiger partial charge in [0.1, 0.15) is 9.84 Å². The first-order valence-electron chi connectivity index (χ1n) is 7.99. The van der Waals surface area contributed by atoms with Gasteiger partial charge in [-0.15, -0.1) is 0 Å². The van der Waals surface area contributed by atoms with Crippen LogP contribution in [-0.4, -0.2) is 49.2 Å². The second kappa shape index (κ2) is 6.56. The van der Waals surface area contributed by atoms with Crippen LogP contribution >= 0.6 is 0 Å². The van der Waals surface area contributed by atoms with E-state index in [0.29, 0.717) is 18.6 Å². The Labute approximate surface area is 122 Å². The minimum atomic E-state index is -2.94. The van der Waals surface area contributed by atoms with E-state index in [9.17, 15) is 13.2 Å². The number of carbonyl (C=O) groups is 1. The molecule has 0 spiro atoms. The van der Waals surface area contributed by atoms with Crippen LogP contribution < -0.4 is 0 Å². The maximum absolute atomic E-state index is 12.7. The van der Waals surface area contributed by atoms with Crippen molar-refractivity contribution < 1.29 is 13.2 Å². The summed E-state index contributed by atoms with van der Waals surface area (Å²) in [7, 11) is -2.94. The molecular formula is C15H27NO3S. The molecule has 1 saturated carbocycles. The van der Waals surface area contributed by atoms with Crippen molar-refractivity contribution in [3.05, 3.63) is 0 Å². The maximum atomic E-state index is 12.7. The fraction of sp³-hybridized carbons (Fsp3) is 0.933. The van der Waals surface area contributed by atoms with E-state index in [1.54, 1.807) is 6.92 Å². The number of hydrogen-bond acceptors (Lipinski definition) is 4. The number of Topliss-reactive ketones (excluding diaryl/α,β-unsaturated/α-hetero) is 1. The molecule has 0 radical (unpaired) electrons. The summed E-state index contributed by atoms with van der Waals surface area (Å²) in [5, 5.41) is 0. The quantitative estimate of drug-likeness (QED) is 0.723. The van der Waals surface area contributed by atoms with E-state index in [1.165, 1.54) is 12.8 Å². The lowest BCUT2D eigenvalue weighted by atomic mass is 9.87. The Bertz CT molecular complexity index is 432. The molecule has 20 heavy (non-hydrogen) atoms. The van der Waals surface area contributed by atoms with E-state index in [1.807, 2.05) is 0 Å². The van der Waals surface area contributed by atoms with Crippen molar-refractivity contribution in [1.29, 1.82) is 0 Å². The average Bonchev–Trinajstić information content (AvgIpc) is 3.10. The van der Waals surface area contributed by atoms with Crippen molar-refractivity contribution in [2.75, 3.05) is 24.6 Å². The second-order valence-electron chi connectivity index (χ2n) is 6.20. The van der Waals surface area contributed by atoms with Gasteiger partial charge in [-0.25, -0.2) is 8.42 Å². The van der Waals surface area contributed by atoms with Gasteiger partial charge in [0.25, 0.3) is 0 Å². The van der Waals surface area contributed by atoms with Gasteiger partial charge in [-0.1, -0.05) is 19.8 Å². The van der Waals surface area contributed by atoms with Crippen molar-refractivity contribution in [3.8, 4) is 0 Å². The number of nitrogens with zero attached hydrogens (tertiary/aromatic N) is 1. The molecule has 1 saturated heterocycles. The third-order valence-electron chi connectivity index (χ3n) is 4.96. The van der Waals surface area contributed by atoms with Crippen LogP contribution in [0.3, 0.4) is 0 Å². The lowest BCUT2D eigenvalue weighted by molar-refractivity contribution is -0.130. The first-order chi connectivity index (χ1) is 9.50. The van der Waals surface area contributed by atoms with Crippen molar-refractivity contribution in [2.45, 2.75) is 63.8 Å². The van der Waals surface area contributed by atoms with Gasteiger partial charge in [0, 0.05) is 12.2 Å². The van der Waals surface area contributed by atoms with Gasteiger partial charge in [-0.2, -0.15) is 0 Å². The number of ketones is 1. The van der Waals surface area contributed by atoms with Crippen LogP contribution in [0.15, 0.2) is 0 Å². The molecule has 1 heterocycles. The van der Waals surface area contributed by atoms with Gasteiger partial charge >= 0.3 is 0 Å². The number of likely N-dealkylation sites (tertiary alicyclic amines) is 1. The van der Waals surface area contributed by atoms with Crippen LogP contribution in [0.25, 0.3) is 0 Å². The fourth-order valence-corrected chi connectivity index (χ4v) is 4.58. The molecule has 1 aliphatic heterocycles. The lowest BCUT2D eigenvalue weighted by Gasteiger charge is -2.37. The van der Waals surface area contributed by atoms with E-state index >= 15 is 0 Å². The van der Waals surface area contributed by atoms with Gasteiger partial charge in [-0.05, 0) is 45.2 Å². The summed E-state index contributed by atoms with van der Waals surface area (Å²) >= 11 is 0. The summed E-state index contributed by atoms with van der Waals surface area (Å²) in [5.74, 6) is 0.632. The Morgan fingerprint density at radius 2 is 1.70 bits per heavy atom. The Morgan fingerprint density at radius 1 is 1.10 bits per heavy atom. The van der Waals surface area contributed by atoms with Crippen LogP contribution in [-0.2, 0) is 14.6 Å². The van der Waals surface area contributed by atoms with E-state index < -0.39 is 9.84 Å². The fourth-order valence-electron chi connectivity index (χ4n) is 3.71. The van der Waals surface area contributed by atoms with E-state index in [4.69, 9.17) is 0 Å². The molecule has 0 aromatic heterocycles. The Balaban J connectivity index is 1.94. The maximum Gasteiger partial charge on any atom is 0.153 e. The SMILES string of the molecule is CCS(=O)(=O)CCCC(=O)C1(N2CCCC2)CCCC1. The first-order valence-corrected chi connectivity index (χ1v) is 9.81. The summed E-state index contributed by atoms with van der Waals surface area (Å²) < 4.78 is 23.0. The van der Waals surface area contributed by atoms with Crippen LogP contribution in [0, 0.1) is 0 Å². The normalized spacial score (nSPS) is 23.2. The summed E-state index contributed by atoms with van der Waals surface area (Å²) in [6.45, 7) is 3.75. The third kappa shape index (κ3) is 3.42.